The van der Waals surface area contributed by atoms with Crippen molar-refractivity contribution in [2.24, 2.45) is 0 Å². The Morgan fingerprint density at radius 2 is 2.00 bits per heavy atom. The lowest BCUT2D eigenvalue weighted by molar-refractivity contribution is -0.113. The molecule has 11 heteroatoms. The Kier molecular flexibility index (Phi) is 6.31. The van der Waals surface area contributed by atoms with Gasteiger partial charge in [-0.1, -0.05) is 11.8 Å². The lowest BCUT2D eigenvalue weighted by atomic mass is 10.5. The summed E-state index contributed by atoms with van der Waals surface area (Å²) in [6.07, 6.45) is 0. The van der Waals surface area contributed by atoms with Gasteiger partial charge >= 0.3 is 5.69 Å². The number of amides is 1. The molecule has 0 aliphatic carbocycles. The summed E-state index contributed by atoms with van der Waals surface area (Å²) < 4.78 is 6.10. The molecule has 2 aromatic rings. The number of H-pyrrole nitrogens is 2. The molecular formula is C14H17N5O5S. The van der Waals surface area contributed by atoms with Crippen LogP contribution < -0.4 is 22.1 Å². The summed E-state index contributed by atoms with van der Waals surface area (Å²) in [4.78, 5) is 55.5. The Morgan fingerprint density at radius 1 is 1.28 bits per heavy atom. The highest BCUT2D eigenvalue weighted by atomic mass is 32.2. The number of carbonyl (C=O) groups is 1. The first-order valence-electron chi connectivity index (χ1n) is 7.23. The summed E-state index contributed by atoms with van der Waals surface area (Å²) in [5, 5.41) is 2.82. The van der Waals surface area contributed by atoms with Gasteiger partial charge in [0.15, 0.2) is 5.16 Å². The minimum Gasteiger partial charge on any atom is -0.383 e. The Hall–Kier alpha value is -2.66. The summed E-state index contributed by atoms with van der Waals surface area (Å²) >= 11 is 1.03. The molecule has 0 fully saturated rings. The number of nitrogens with one attached hydrogen (secondary N) is 3. The number of aromatic amines is 2. The minimum atomic E-state index is -0.641. The van der Waals surface area contributed by atoms with Gasteiger partial charge in [-0.15, -0.1) is 0 Å². The fourth-order valence-electron chi connectivity index (χ4n) is 1.96. The Labute approximate surface area is 145 Å². The largest absolute Gasteiger partial charge is 0.383 e. The first-order chi connectivity index (χ1) is 11.9. The summed E-state index contributed by atoms with van der Waals surface area (Å²) in [6, 6.07) is 2.46. The van der Waals surface area contributed by atoms with E-state index in [1.54, 1.807) is 6.92 Å². The quantitative estimate of drug-likeness (QED) is 0.434. The predicted octanol–water partition coefficient (Wildman–Crippen LogP) is -0.694. The van der Waals surface area contributed by atoms with E-state index in [1.165, 1.54) is 17.7 Å². The number of rotatable bonds is 7. The zero-order valence-electron chi connectivity index (χ0n) is 13.6. The van der Waals surface area contributed by atoms with E-state index in [9.17, 15) is 19.2 Å². The molecule has 0 saturated heterocycles. The van der Waals surface area contributed by atoms with Crippen molar-refractivity contribution in [1.29, 1.82) is 0 Å². The van der Waals surface area contributed by atoms with E-state index < -0.39 is 17.2 Å². The normalized spacial score (nSPS) is 10.6. The molecule has 25 heavy (non-hydrogen) atoms. The van der Waals surface area contributed by atoms with Crippen LogP contribution in [0, 0.1) is 6.92 Å². The van der Waals surface area contributed by atoms with Gasteiger partial charge in [0.2, 0.25) is 5.91 Å². The van der Waals surface area contributed by atoms with Crippen LogP contribution in [0.15, 0.2) is 31.7 Å². The molecule has 0 saturated carbocycles. The van der Waals surface area contributed by atoms with E-state index in [4.69, 9.17) is 4.74 Å². The van der Waals surface area contributed by atoms with Gasteiger partial charge in [0, 0.05) is 24.9 Å². The average molecular weight is 367 g/mol. The van der Waals surface area contributed by atoms with Crippen LogP contribution in [0.1, 0.15) is 5.69 Å². The smallest absolute Gasteiger partial charge is 0.329 e. The van der Waals surface area contributed by atoms with E-state index in [0.29, 0.717) is 10.9 Å². The second-order valence-electron chi connectivity index (χ2n) is 5.00. The van der Waals surface area contributed by atoms with Gasteiger partial charge in [-0.2, -0.15) is 0 Å². The van der Waals surface area contributed by atoms with Crippen molar-refractivity contribution in [2.75, 3.05) is 24.8 Å². The molecule has 0 atom stereocenters. The average Bonchev–Trinajstić information content (AvgIpc) is 2.51. The van der Waals surface area contributed by atoms with Crippen molar-refractivity contribution in [3.8, 4) is 0 Å². The van der Waals surface area contributed by atoms with Crippen molar-refractivity contribution in [3.63, 3.8) is 0 Å². The molecule has 0 spiro atoms. The summed E-state index contributed by atoms with van der Waals surface area (Å²) in [7, 11) is 1.47. The Bertz CT molecular complexity index is 932. The third kappa shape index (κ3) is 5.43. The van der Waals surface area contributed by atoms with Crippen molar-refractivity contribution in [3.05, 3.63) is 49.0 Å². The molecule has 0 bridgehead atoms. The van der Waals surface area contributed by atoms with E-state index in [0.717, 1.165) is 17.8 Å². The number of carbonyl (C=O) groups excluding carboxylic acids is 1. The number of methoxy groups -OCH3 is 1. The van der Waals surface area contributed by atoms with E-state index in [-0.39, 0.29) is 30.3 Å². The summed E-state index contributed by atoms with van der Waals surface area (Å²) in [6.45, 7) is 2.07. The number of ether oxygens (including phenoxy) is 1. The first kappa shape index (κ1) is 18.7. The van der Waals surface area contributed by atoms with Gasteiger partial charge in [-0.3, -0.25) is 23.9 Å². The van der Waals surface area contributed by atoms with Gasteiger partial charge in [-0.25, -0.2) is 9.78 Å². The van der Waals surface area contributed by atoms with Crippen LogP contribution >= 0.6 is 11.8 Å². The SMILES string of the molecule is COCCn1c(NC(=O)CSc2nc(C)cc(=O)[nH]2)cc(=O)[nH]c1=O. The molecule has 0 unspecified atom stereocenters. The van der Waals surface area contributed by atoms with Crippen LogP contribution in [0.2, 0.25) is 0 Å². The highest BCUT2D eigenvalue weighted by molar-refractivity contribution is 7.99. The van der Waals surface area contributed by atoms with E-state index in [1.807, 2.05) is 0 Å². The number of thioether (sulfide) groups is 1. The van der Waals surface area contributed by atoms with Gasteiger partial charge in [0.25, 0.3) is 11.1 Å². The van der Waals surface area contributed by atoms with Crippen LogP contribution in [0.25, 0.3) is 0 Å². The standard InChI is InChI=1S/C14H17N5O5S/c1-8-5-10(20)17-13(15-8)25-7-12(22)16-9-6-11(21)18-14(23)19(9)3-4-24-2/h5-6H,3-4,7H2,1-2H3,(H,16,22)(H,15,17,20)(H,18,21,23). The van der Waals surface area contributed by atoms with Crippen LogP contribution in [-0.4, -0.2) is 44.9 Å². The lowest BCUT2D eigenvalue weighted by Crippen LogP contribution is -2.34. The van der Waals surface area contributed by atoms with Crippen molar-refractivity contribution in [2.45, 2.75) is 18.6 Å². The maximum atomic E-state index is 12.1. The molecule has 2 heterocycles. The van der Waals surface area contributed by atoms with Gasteiger partial charge < -0.3 is 15.0 Å². The second-order valence-corrected chi connectivity index (χ2v) is 5.96. The zero-order chi connectivity index (χ0) is 18.4. The monoisotopic (exact) mass is 367 g/mol. The van der Waals surface area contributed by atoms with E-state index >= 15 is 0 Å². The number of hydrogen-bond acceptors (Lipinski definition) is 7. The van der Waals surface area contributed by atoms with Crippen molar-refractivity contribution in [1.82, 2.24) is 19.5 Å². The number of hydrogen-bond donors (Lipinski definition) is 3. The molecular weight excluding hydrogens is 350 g/mol. The minimum absolute atomic E-state index is 0.0579. The molecule has 0 aliphatic rings. The Morgan fingerprint density at radius 3 is 2.68 bits per heavy atom. The van der Waals surface area contributed by atoms with Gasteiger partial charge in [0.1, 0.15) is 5.82 Å². The topological polar surface area (TPSA) is 139 Å². The molecule has 2 rings (SSSR count). The highest BCUT2D eigenvalue weighted by Gasteiger charge is 2.11. The number of aryl methyl sites for hydroxylation is 1. The first-order valence-corrected chi connectivity index (χ1v) is 8.21. The second kappa shape index (κ2) is 8.44. The zero-order valence-corrected chi connectivity index (χ0v) is 14.4. The van der Waals surface area contributed by atoms with Gasteiger partial charge in [0.05, 0.1) is 18.9 Å². The highest BCUT2D eigenvalue weighted by Crippen LogP contribution is 2.11. The fraction of sp³-hybridized carbons (Fsp3) is 0.357. The molecule has 134 valence electrons. The molecule has 1 amide bonds. The fourth-order valence-corrected chi connectivity index (χ4v) is 2.68. The molecule has 10 nitrogen and oxygen atoms in total. The van der Waals surface area contributed by atoms with Crippen LogP contribution in [0.4, 0.5) is 5.82 Å². The third-order valence-electron chi connectivity index (χ3n) is 3.01. The maximum absolute atomic E-state index is 12.1. The molecule has 2 aromatic heterocycles. The molecule has 0 aromatic carbocycles. The summed E-state index contributed by atoms with van der Waals surface area (Å²) in [5.74, 6) is -0.440. The van der Waals surface area contributed by atoms with Gasteiger partial charge in [-0.05, 0) is 6.92 Å². The molecule has 3 N–H and O–H groups in total. The maximum Gasteiger partial charge on any atom is 0.329 e. The number of nitrogens with zero attached hydrogens (tertiary/aromatic N) is 2. The molecule has 0 radical (unpaired) electrons. The summed E-state index contributed by atoms with van der Waals surface area (Å²) in [5.41, 5.74) is -1.03. The van der Waals surface area contributed by atoms with Crippen LogP contribution in [0.5, 0.6) is 0 Å². The number of aromatic nitrogens is 4. The van der Waals surface area contributed by atoms with Crippen LogP contribution in [0.3, 0.4) is 0 Å². The lowest BCUT2D eigenvalue weighted by Gasteiger charge is -2.12. The third-order valence-corrected chi connectivity index (χ3v) is 3.88. The number of anilines is 1. The Balaban J connectivity index is 2.10. The van der Waals surface area contributed by atoms with E-state index in [2.05, 4.69) is 20.3 Å². The van der Waals surface area contributed by atoms with Crippen LogP contribution in [-0.2, 0) is 16.1 Å². The predicted molar refractivity (Wildman–Crippen MR) is 92.1 cm³/mol. The van der Waals surface area contributed by atoms with Crippen molar-refractivity contribution < 1.29 is 9.53 Å². The van der Waals surface area contributed by atoms with Crippen molar-refractivity contribution >= 4 is 23.5 Å². The molecule has 0 aliphatic heterocycles.